The van der Waals surface area contributed by atoms with Gasteiger partial charge < -0.3 is 0 Å². The van der Waals surface area contributed by atoms with Gasteiger partial charge in [0, 0.05) is 16.6 Å². The summed E-state index contributed by atoms with van der Waals surface area (Å²) >= 11 is 7.65. The number of pyridine rings is 1. The van der Waals surface area contributed by atoms with E-state index in [4.69, 9.17) is 16.6 Å². The summed E-state index contributed by atoms with van der Waals surface area (Å²) in [4.78, 5) is 23.8. The van der Waals surface area contributed by atoms with Crippen molar-refractivity contribution in [3.8, 4) is 0 Å². The molecule has 4 nitrogen and oxygen atoms in total. The van der Waals surface area contributed by atoms with Gasteiger partial charge in [-0.05, 0) is 36.8 Å². The molecule has 2 heterocycles. The highest BCUT2D eigenvalue weighted by Crippen LogP contribution is 2.35. The van der Waals surface area contributed by atoms with Gasteiger partial charge in [0.05, 0.1) is 22.5 Å². The standard InChI is InChI=1S/C19H20ClN3OS/c1-12-9-13(20)10-15-16(12)22-18(25-15)23(17(24)19(2,3)4)11-14-7-5-6-8-21-14/h5-10H,11H2,1-4H3. The summed E-state index contributed by atoms with van der Waals surface area (Å²) in [6.07, 6.45) is 1.73. The predicted octanol–water partition coefficient (Wildman–Crippen LogP) is 5.23. The average molecular weight is 374 g/mol. The fraction of sp³-hybridized carbons (Fsp3) is 0.316. The molecule has 25 heavy (non-hydrogen) atoms. The molecule has 0 saturated heterocycles. The number of thiazole rings is 1. The number of fused-ring (bicyclic) bond motifs is 1. The number of carbonyl (C=O) groups excluding carboxylic acids is 1. The van der Waals surface area contributed by atoms with Gasteiger partial charge in [0.2, 0.25) is 5.91 Å². The Morgan fingerprint density at radius 1 is 1.28 bits per heavy atom. The zero-order chi connectivity index (χ0) is 18.2. The Hall–Kier alpha value is -1.98. The summed E-state index contributed by atoms with van der Waals surface area (Å²) in [7, 11) is 0. The third kappa shape index (κ3) is 3.83. The molecule has 0 saturated carbocycles. The van der Waals surface area contributed by atoms with Crippen molar-refractivity contribution in [2.45, 2.75) is 34.2 Å². The average Bonchev–Trinajstić information content (AvgIpc) is 2.96. The van der Waals surface area contributed by atoms with Crippen LogP contribution in [0.1, 0.15) is 32.0 Å². The molecule has 2 aromatic heterocycles. The van der Waals surface area contributed by atoms with Crippen molar-refractivity contribution >= 4 is 44.2 Å². The quantitative estimate of drug-likeness (QED) is 0.631. The summed E-state index contributed by atoms with van der Waals surface area (Å²) in [6, 6.07) is 9.48. The minimum absolute atomic E-state index is 0.0148. The zero-order valence-corrected chi connectivity index (χ0v) is 16.3. The highest BCUT2D eigenvalue weighted by molar-refractivity contribution is 7.22. The lowest BCUT2D eigenvalue weighted by Gasteiger charge is -2.27. The first-order chi connectivity index (χ1) is 11.8. The third-order valence-electron chi connectivity index (χ3n) is 3.80. The Kier molecular flexibility index (Phi) is 4.80. The number of hydrogen-bond acceptors (Lipinski definition) is 4. The third-order valence-corrected chi connectivity index (χ3v) is 5.05. The zero-order valence-electron chi connectivity index (χ0n) is 14.7. The maximum Gasteiger partial charge on any atom is 0.234 e. The topological polar surface area (TPSA) is 46.1 Å². The Morgan fingerprint density at radius 3 is 2.68 bits per heavy atom. The van der Waals surface area contributed by atoms with Crippen molar-refractivity contribution in [1.29, 1.82) is 0 Å². The first-order valence-electron chi connectivity index (χ1n) is 8.04. The van der Waals surface area contributed by atoms with E-state index in [1.54, 1.807) is 11.1 Å². The van der Waals surface area contributed by atoms with E-state index in [0.29, 0.717) is 16.7 Å². The molecule has 6 heteroatoms. The monoisotopic (exact) mass is 373 g/mol. The molecular weight excluding hydrogens is 354 g/mol. The van der Waals surface area contributed by atoms with E-state index >= 15 is 0 Å². The van der Waals surface area contributed by atoms with Crippen LogP contribution in [0.2, 0.25) is 5.02 Å². The number of aromatic nitrogens is 2. The molecule has 3 rings (SSSR count). The number of hydrogen-bond donors (Lipinski definition) is 0. The molecule has 0 N–H and O–H groups in total. The number of halogens is 1. The highest BCUT2D eigenvalue weighted by Gasteiger charge is 2.30. The van der Waals surface area contributed by atoms with Crippen molar-refractivity contribution in [2.24, 2.45) is 5.41 Å². The maximum atomic E-state index is 13.0. The molecule has 0 fully saturated rings. The molecule has 3 aromatic rings. The Balaban J connectivity index is 2.08. The van der Waals surface area contributed by atoms with Crippen LogP contribution < -0.4 is 4.90 Å². The molecule has 0 aliphatic carbocycles. The lowest BCUT2D eigenvalue weighted by Crippen LogP contribution is -2.39. The van der Waals surface area contributed by atoms with E-state index in [1.165, 1.54) is 11.3 Å². The van der Waals surface area contributed by atoms with Gasteiger partial charge in [-0.25, -0.2) is 4.98 Å². The summed E-state index contributed by atoms with van der Waals surface area (Å²) < 4.78 is 0.979. The highest BCUT2D eigenvalue weighted by atomic mass is 35.5. The fourth-order valence-electron chi connectivity index (χ4n) is 2.54. The van der Waals surface area contributed by atoms with Gasteiger partial charge in [0.25, 0.3) is 0 Å². The van der Waals surface area contributed by atoms with Gasteiger partial charge in [-0.2, -0.15) is 0 Å². The minimum atomic E-state index is -0.515. The maximum absolute atomic E-state index is 13.0. The fourth-order valence-corrected chi connectivity index (χ4v) is 3.96. The summed E-state index contributed by atoms with van der Waals surface area (Å²) in [6.45, 7) is 8.11. The minimum Gasteiger partial charge on any atom is -0.282 e. The van der Waals surface area contributed by atoms with Gasteiger partial charge >= 0.3 is 0 Å². The van der Waals surface area contributed by atoms with Crippen molar-refractivity contribution in [2.75, 3.05) is 4.90 Å². The molecule has 1 amide bonds. The van der Waals surface area contributed by atoms with E-state index in [2.05, 4.69) is 4.98 Å². The van der Waals surface area contributed by atoms with Crippen LogP contribution in [0.25, 0.3) is 10.2 Å². The number of anilines is 1. The van der Waals surface area contributed by atoms with Crippen LogP contribution in [0, 0.1) is 12.3 Å². The second-order valence-corrected chi connectivity index (χ2v) is 8.47. The van der Waals surface area contributed by atoms with Crippen LogP contribution in [-0.2, 0) is 11.3 Å². The first-order valence-corrected chi connectivity index (χ1v) is 9.24. The largest absolute Gasteiger partial charge is 0.282 e. The van der Waals surface area contributed by atoms with E-state index < -0.39 is 5.41 Å². The Labute approximate surface area is 156 Å². The van der Waals surface area contributed by atoms with Gasteiger partial charge in [-0.15, -0.1) is 0 Å². The lowest BCUT2D eigenvalue weighted by molar-refractivity contribution is -0.125. The molecular formula is C19H20ClN3OS. The van der Waals surface area contributed by atoms with Crippen LogP contribution in [0.15, 0.2) is 36.5 Å². The molecule has 0 radical (unpaired) electrons. The molecule has 0 aliphatic rings. The Morgan fingerprint density at radius 2 is 2.04 bits per heavy atom. The van der Waals surface area contributed by atoms with Crippen LogP contribution in [0.4, 0.5) is 5.13 Å². The van der Waals surface area contributed by atoms with Crippen LogP contribution in [0.3, 0.4) is 0 Å². The van der Waals surface area contributed by atoms with Crippen LogP contribution in [-0.4, -0.2) is 15.9 Å². The number of nitrogens with zero attached hydrogens (tertiary/aromatic N) is 3. The van der Waals surface area contributed by atoms with Crippen molar-refractivity contribution in [1.82, 2.24) is 9.97 Å². The summed E-state index contributed by atoms with van der Waals surface area (Å²) in [5.74, 6) is 0.0148. The van der Waals surface area contributed by atoms with E-state index in [-0.39, 0.29) is 5.91 Å². The van der Waals surface area contributed by atoms with Gasteiger partial charge in [0.1, 0.15) is 0 Å². The summed E-state index contributed by atoms with van der Waals surface area (Å²) in [5, 5.41) is 1.35. The van der Waals surface area contributed by atoms with E-state index in [1.807, 2.05) is 58.0 Å². The Bertz CT molecular complexity index is 916. The molecule has 0 atom stereocenters. The van der Waals surface area contributed by atoms with Crippen molar-refractivity contribution in [3.63, 3.8) is 0 Å². The van der Waals surface area contributed by atoms with Crippen molar-refractivity contribution < 1.29 is 4.79 Å². The number of benzene rings is 1. The normalized spacial score (nSPS) is 11.7. The van der Waals surface area contributed by atoms with Gasteiger partial charge in [-0.1, -0.05) is 49.8 Å². The van der Waals surface area contributed by atoms with Crippen molar-refractivity contribution in [3.05, 3.63) is 52.8 Å². The predicted molar refractivity (Wildman–Crippen MR) is 104 cm³/mol. The molecule has 0 bridgehead atoms. The molecule has 130 valence electrons. The van der Waals surface area contributed by atoms with E-state index in [0.717, 1.165) is 21.5 Å². The number of amides is 1. The molecule has 0 spiro atoms. The molecule has 0 aliphatic heterocycles. The van der Waals surface area contributed by atoms with Crippen LogP contribution >= 0.6 is 22.9 Å². The summed E-state index contributed by atoms with van der Waals surface area (Å²) in [5.41, 5.74) is 2.21. The first kappa shape index (κ1) is 17.8. The molecule has 0 unspecified atom stereocenters. The van der Waals surface area contributed by atoms with E-state index in [9.17, 15) is 4.79 Å². The second-order valence-electron chi connectivity index (χ2n) is 7.03. The van der Waals surface area contributed by atoms with Gasteiger partial charge in [-0.3, -0.25) is 14.7 Å². The van der Waals surface area contributed by atoms with Gasteiger partial charge in [0.15, 0.2) is 5.13 Å². The number of aryl methyl sites for hydroxylation is 1. The SMILES string of the molecule is Cc1cc(Cl)cc2sc(N(Cc3ccccn3)C(=O)C(C)(C)C)nc12. The molecule has 1 aromatic carbocycles. The van der Waals surface area contributed by atoms with Crippen LogP contribution in [0.5, 0.6) is 0 Å². The number of carbonyl (C=O) groups is 1. The number of rotatable bonds is 3. The second kappa shape index (κ2) is 6.73. The smallest absolute Gasteiger partial charge is 0.234 e. The lowest BCUT2D eigenvalue weighted by atomic mass is 9.95.